The summed E-state index contributed by atoms with van der Waals surface area (Å²) in [5.41, 5.74) is 0. The highest BCUT2D eigenvalue weighted by Gasteiger charge is 2.49. The van der Waals surface area contributed by atoms with Crippen molar-refractivity contribution in [2.75, 3.05) is 0 Å². The van der Waals surface area contributed by atoms with Crippen LogP contribution in [0.15, 0.2) is 0 Å². The van der Waals surface area contributed by atoms with Crippen LogP contribution < -0.4 is 0 Å². The molecule has 66 valence electrons. The molecule has 1 nitrogen and oxygen atoms in total. The van der Waals surface area contributed by atoms with Crippen LogP contribution in [0.4, 0.5) is 0 Å². The summed E-state index contributed by atoms with van der Waals surface area (Å²) >= 11 is 0. The number of carbonyl (C=O) groups is 1. The predicted molar refractivity (Wildman–Crippen MR) is 46.7 cm³/mol. The minimum Gasteiger partial charge on any atom is -0.299 e. The van der Waals surface area contributed by atoms with Crippen molar-refractivity contribution in [1.29, 1.82) is 0 Å². The van der Waals surface area contributed by atoms with E-state index in [0.29, 0.717) is 17.6 Å². The molecule has 0 amide bonds. The smallest absolute Gasteiger partial charge is 0.139 e. The Hall–Kier alpha value is -0.330. The normalized spacial score (nSPS) is 51.2. The van der Waals surface area contributed by atoms with Crippen molar-refractivity contribution < 1.29 is 4.79 Å². The van der Waals surface area contributed by atoms with Gasteiger partial charge in [0, 0.05) is 11.8 Å². The van der Waals surface area contributed by atoms with Gasteiger partial charge in [-0.05, 0) is 43.9 Å². The predicted octanol–water partition coefficient (Wildman–Crippen LogP) is 2.40. The molecular formula is C11H16O. The monoisotopic (exact) mass is 164 g/mol. The van der Waals surface area contributed by atoms with Crippen molar-refractivity contribution in [3.8, 4) is 0 Å². The molecule has 0 heterocycles. The molecule has 4 atom stereocenters. The van der Waals surface area contributed by atoms with Gasteiger partial charge < -0.3 is 0 Å². The van der Waals surface area contributed by atoms with Gasteiger partial charge in [-0.15, -0.1) is 0 Å². The van der Waals surface area contributed by atoms with Crippen molar-refractivity contribution in [2.24, 2.45) is 23.7 Å². The highest BCUT2D eigenvalue weighted by atomic mass is 16.1. The Balaban J connectivity index is 1.96. The number of rotatable bonds is 0. The third-order valence-electron chi connectivity index (χ3n) is 4.41. The van der Waals surface area contributed by atoms with Crippen LogP contribution in [0.3, 0.4) is 0 Å². The lowest BCUT2D eigenvalue weighted by atomic mass is 9.66. The third-order valence-corrected chi connectivity index (χ3v) is 4.41. The molecule has 3 aliphatic carbocycles. The second-order valence-electron chi connectivity index (χ2n) is 4.88. The minimum atomic E-state index is 0.506. The van der Waals surface area contributed by atoms with E-state index in [2.05, 4.69) is 0 Å². The zero-order chi connectivity index (χ0) is 8.13. The van der Waals surface area contributed by atoms with Crippen molar-refractivity contribution in [1.82, 2.24) is 0 Å². The van der Waals surface area contributed by atoms with Gasteiger partial charge >= 0.3 is 0 Å². The summed E-state index contributed by atoms with van der Waals surface area (Å²) < 4.78 is 0. The van der Waals surface area contributed by atoms with Crippen LogP contribution in [0.5, 0.6) is 0 Å². The molecule has 3 fully saturated rings. The van der Waals surface area contributed by atoms with Crippen LogP contribution >= 0.6 is 0 Å². The number of carbonyl (C=O) groups excluding carboxylic acids is 1. The van der Waals surface area contributed by atoms with Gasteiger partial charge in [-0.2, -0.15) is 0 Å². The lowest BCUT2D eigenvalue weighted by molar-refractivity contribution is -0.131. The minimum absolute atomic E-state index is 0.506. The Kier molecular flexibility index (Phi) is 1.38. The highest BCUT2D eigenvalue weighted by Crippen LogP contribution is 2.51. The SMILES string of the molecule is O=C1C2CCC1C1CCCC2C1. The number of hydrogen-bond donors (Lipinski definition) is 0. The topological polar surface area (TPSA) is 17.1 Å². The van der Waals surface area contributed by atoms with Crippen LogP contribution in [0.25, 0.3) is 0 Å². The van der Waals surface area contributed by atoms with Gasteiger partial charge in [0.15, 0.2) is 0 Å². The van der Waals surface area contributed by atoms with Crippen molar-refractivity contribution in [2.45, 2.75) is 38.5 Å². The van der Waals surface area contributed by atoms with Crippen molar-refractivity contribution in [3.05, 3.63) is 0 Å². The maximum Gasteiger partial charge on any atom is 0.139 e. The molecule has 3 aliphatic rings. The molecule has 0 saturated heterocycles. The summed E-state index contributed by atoms with van der Waals surface area (Å²) in [5, 5.41) is 0. The Labute approximate surface area is 73.5 Å². The first-order valence-corrected chi connectivity index (χ1v) is 5.40. The second kappa shape index (κ2) is 2.34. The first kappa shape index (κ1) is 7.11. The summed E-state index contributed by atoms with van der Waals surface area (Å²) in [7, 11) is 0. The lowest BCUT2D eigenvalue weighted by Gasteiger charge is -2.38. The molecule has 1 heteroatoms. The van der Waals surface area contributed by atoms with Gasteiger partial charge in [0.2, 0.25) is 0 Å². The molecule has 0 radical (unpaired) electrons. The van der Waals surface area contributed by atoms with Crippen LogP contribution in [-0.2, 0) is 4.79 Å². The summed E-state index contributed by atoms with van der Waals surface area (Å²) in [5.74, 6) is 3.26. The van der Waals surface area contributed by atoms with E-state index in [0.717, 1.165) is 11.8 Å². The van der Waals surface area contributed by atoms with E-state index in [9.17, 15) is 4.79 Å². The summed E-state index contributed by atoms with van der Waals surface area (Å²) in [4.78, 5) is 11.8. The van der Waals surface area contributed by atoms with Gasteiger partial charge in [0.05, 0.1) is 0 Å². The Morgan fingerprint density at radius 2 is 1.50 bits per heavy atom. The fraction of sp³-hybridized carbons (Fsp3) is 0.909. The average Bonchev–Trinajstić information content (AvgIpc) is 2.41. The van der Waals surface area contributed by atoms with E-state index < -0.39 is 0 Å². The summed E-state index contributed by atoms with van der Waals surface area (Å²) in [6.07, 6.45) is 7.94. The first-order valence-electron chi connectivity index (χ1n) is 5.40. The Morgan fingerprint density at radius 3 is 2.08 bits per heavy atom. The quantitative estimate of drug-likeness (QED) is 0.537. The van der Waals surface area contributed by atoms with Crippen LogP contribution in [0, 0.1) is 23.7 Å². The standard InChI is InChI=1S/C11H16O/c12-11-9-4-5-10(11)8-3-1-2-7(9)6-8/h7-10H,1-6H2. The largest absolute Gasteiger partial charge is 0.299 e. The van der Waals surface area contributed by atoms with Gasteiger partial charge in [0.1, 0.15) is 5.78 Å². The van der Waals surface area contributed by atoms with Gasteiger partial charge in [-0.25, -0.2) is 0 Å². The number of fused-ring (bicyclic) bond motifs is 6. The van der Waals surface area contributed by atoms with Gasteiger partial charge in [-0.1, -0.05) is 6.42 Å². The van der Waals surface area contributed by atoms with E-state index in [1.54, 1.807) is 0 Å². The maximum absolute atomic E-state index is 11.8. The molecule has 0 aromatic rings. The van der Waals surface area contributed by atoms with Crippen LogP contribution in [0.1, 0.15) is 38.5 Å². The molecule has 0 aromatic carbocycles. The fourth-order valence-corrected chi connectivity index (χ4v) is 3.85. The zero-order valence-corrected chi connectivity index (χ0v) is 7.46. The molecule has 0 N–H and O–H groups in total. The Morgan fingerprint density at radius 1 is 0.917 bits per heavy atom. The van der Waals surface area contributed by atoms with Crippen LogP contribution in [-0.4, -0.2) is 5.78 Å². The third kappa shape index (κ3) is 0.773. The molecule has 0 aliphatic heterocycles. The fourth-order valence-electron chi connectivity index (χ4n) is 3.85. The molecule has 3 saturated carbocycles. The molecule has 0 aromatic heterocycles. The average molecular weight is 164 g/mol. The summed E-state index contributed by atoms with van der Waals surface area (Å²) in [6.45, 7) is 0. The van der Waals surface area contributed by atoms with E-state index >= 15 is 0 Å². The molecule has 12 heavy (non-hydrogen) atoms. The maximum atomic E-state index is 11.8. The number of Topliss-reactive ketones (excluding diaryl/α,β-unsaturated/α-hetero) is 1. The van der Waals surface area contributed by atoms with E-state index in [1.165, 1.54) is 38.5 Å². The second-order valence-corrected chi connectivity index (χ2v) is 4.88. The number of hydrogen-bond acceptors (Lipinski definition) is 1. The molecular weight excluding hydrogens is 148 g/mol. The molecule has 4 unspecified atom stereocenters. The summed E-state index contributed by atoms with van der Waals surface area (Å²) in [6, 6.07) is 0. The molecule has 0 spiro atoms. The van der Waals surface area contributed by atoms with Crippen LogP contribution in [0.2, 0.25) is 0 Å². The molecule has 3 rings (SSSR count). The first-order chi connectivity index (χ1) is 5.86. The Bertz CT molecular complexity index is 201. The lowest BCUT2D eigenvalue weighted by Crippen LogP contribution is -2.37. The molecule has 4 bridgehead atoms. The van der Waals surface area contributed by atoms with Crippen molar-refractivity contribution in [3.63, 3.8) is 0 Å². The number of ketones is 1. The van der Waals surface area contributed by atoms with Gasteiger partial charge in [0.25, 0.3) is 0 Å². The van der Waals surface area contributed by atoms with E-state index in [1.807, 2.05) is 0 Å². The van der Waals surface area contributed by atoms with Gasteiger partial charge in [-0.3, -0.25) is 4.79 Å². The zero-order valence-electron chi connectivity index (χ0n) is 7.46. The van der Waals surface area contributed by atoms with E-state index in [4.69, 9.17) is 0 Å². The highest BCUT2D eigenvalue weighted by molar-refractivity contribution is 5.86. The van der Waals surface area contributed by atoms with Crippen molar-refractivity contribution >= 4 is 5.78 Å². The van der Waals surface area contributed by atoms with E-state index in [-0.39, 0.29) is 0 Å².